The van der Waals surface area contributed by atoms with Gasteiger partial charge in [-0.2, -0.15) is 4.72 Å². The number of aliphatic hydroxyl groups is 1. The average Bonchev–Trinajstić information content (AvgIpc) is 2.52. The van der Waals surface area contributed by atoms with Crippen molar-refractivity contribution in [1.29, 1.82) is 0 Å². The van der Waals surface area contributed by atoms with Crippen LogP contribution in [0.5, 0.6) is 0 Å². The number of sulfonamides is 1. The van der Waals surface area contributed by atoms with Crippen LogP contribution >= 0.6 is 0 Å². The maximum Gasteiger partial charge on any atom is 0.244 e. The van der Waals surface area contributed by atoms with Crippen molar-refractivity contribution in [3.05, 3.63) is 30.1 Å². The highest BCUT2D eigenvalue weighted by molar-refractivity contribution is 7.89. The minimum absolute atomic E-state index is 0.0670. The van der Waals surface area contributed by atoms with Gasteiger partial charge in [-0.05, 0) is 30.4 Å². The molecule has 6 nitrogen and oxygen atoms in total. The quantitative estimate of drug-likeness (QED) is 0.612. The summed E-state index contributed by atoms with van der Waals surface area (Å²) >= 11 is 0. The summed E-state index contributed by atoms with van der Waals surface area (Å²) in [5, 5.41) is 12.4. The number of nitrogens with one attached hydrogen (secondary N) is 2. The molecule has 1 rings (SSSR count). The van der Waals surface area contributed by atoms with Crippen LogP contribution in [0.4, 0.5) is 4.39 Å². The van der Waals surface area contributed by atoms with Gasteiger partial charge < -0.3 is 10.4 Å². The number of benzene rings is 1. The molecule has 0 aliphatic rings. The first-order chi connectivity index (χ1) is 11.6. The van der Waals surface area contributed by atoms with Crippen LogP contribution < -0.4 is 10.0 Å². The Kier molecular flexibility index (Phi) is 7.98. The Morgan fingerprint density at radius 2 is 1.76 bits per heavy atom. The van der Waals surface area contributed by atoms with Gasteiger partial charge in [0.1, 0.15) is 16.8 Å². The van der Waals surface area contributed by atoms with E-state index in [9.17, 15) is 22.7 Å². The summed E-state index contributed by atoms with van der Waals surface area (Å²) in [5.41, 5.74) is 0. The fraction of sp³-hybridized carbons (Fsp3) is 0.588. The second-order valence-electron chi connectivity index (χ2n) is 6.66. The van der Waals surface area contributed by atoms with Crippen molar-refractivity contribution in [2.45, 2.75) is 51.2 Å². The molecule has 142 valence electrons. The number of carbonyl (C=O) groups is 1. The van der Waals surface area contributed by atoms with Gasteiger partial charge >= 0.3 is 0 Å². The molecule has 8 heteroatoms. The van der Waals surface area contributed by atoms with E-state index in [-0.39, 0.29) is 18.4 Å². The molecule has 3 N–H and O–H groups in total. The second-order valence-corrected chi connectivity index (χ2v) is 8.35. The van der Waals surface area contributed by atoms with Crippen molar-refractivity contribution < 1.29 is 22.7 Å². The van der Waals surface area contributed by atoms with E-state index in [1.165, 1.54) is 12.1 Å². The third-order valence-corrected chi connectivity index (χ3v) is 5.34. The van der Waals surface area contributed by atoms with Crippen LogP contribution in [0.2, 0.25) is 0 Å². The molecule has 0 fully saturated rings. The van der Waals surface area contributed by atoms with Crippen LogP contribution in [0, 0.1) is 17.7 Å². The summed E-state index contributed by atoms with van der Waals surface area (Å²) in [6.07, 6.45) is -0.179. The highest BCUT2D eigenvalue weighted by atomic mass is 32.2. The van der Waals surface area contributed by atoms with E-state index in [1.54, 1.807) is 13.8 Å². The van der Waals surface area contributed by atoms with Gasteiger partial charge in [0.25, 0.3) is 0 Å². The summed E-state index contributed by atoms with van der Waals surface area (Å²) < 4.78 is 40.8. The van der Waals surface area contributed by atoms with E-state index in [0.29, 0.717) is 6.42 Å². The van der Waals surface area contributed by atoms with E-state index < -0.39 is 38.8 Å². The molecule has 1 aromatic rings. The highest BCUT2D eigenvalue weighted by Gasteiger charge is 2.29. The Morgan fingerprint density at radius 1 is 1.16 bits per heavy atom. The molecule has 0 aliphatic carbocycles. The van der Waals surface area contributed by atoms with E-state index in [1.807, 2.05) is 13.8 Å². The molecular weight excluding hydrogens is 347 g/mol. The maximum atomic E-state index is 13.8. The predicted octanol–water partition coefficient (Wildman–Crippen LogP) is 1.65. The van der Waals surface area contributed by atoms with Gasteiger partial charge in [-0.3, -0.25) is 4.79 Å². The van der Waals surface area contributed by atoms with Crippen LogP contribution in [0.15, 0.2) is 29.2 Å². The minimum Gasteiger partial charge on any atom is -0.393 e. The average molecular weight is 374 g/mol. The van der Waals surface area contributed by atoms with Gasteiger partial charge in [-0.1, -0.05) is 39.8 Å². The molecule has 0 saturated carbocycles. The van der Waals surface area contributed by atoms with Crippen LogP contribution in [-0.4, -0.2) is 38.1 Å². The largest absolute Gasteiger partial charge is 0.393 e. The van der Waals surface area contributed by atoms with E-state index in [4.69, 9.17) is 0 Å². The minimum atomic E-state index is -4.17. The Balaban J connectivity index is 2.80. The zero-order chi connectivity index (χ0) is 19.2. The summed E-state index contributed by atoms with van der Waals surface area (Å²) in [5.74, 6) is -1.65. The smallest absolute Gasteiger partial charge is 0.244 e. The Bertz CT molecular complexity index is 677. The Morgan fingerprint density at radius 3 is 2.28 bits per heavy atom. The van der Waals surface area contributed by atoms with E-state index in [2.05, 4.69) is 10.0 Å². The predicted molar refractivity (Wildman–Crippen MR) is 93.8 cm³/mol. The molecule has 0 radical (unpaired) electrons. The van der Waals surface area contributed by atoms with Gasteiger partial charge in [0, 0.05) is 6.54 Å². The van der Waals surface area contributed by atoms with Gasteiger partial charge in [-0.25, -0.2) is 12.8 Å². The third-order valence-electron chi connectivity index (χ3n) is 3.87. The molecule has 0 aliphatic heterocycles. The Hall–Kier alpha value is -1.51. The van der Waals surface area contributed by atoms with Crippen molar-refractivity contribution >= 4 is 15.9 Å². The van der Waals surface area contributed by atoms with Crippen molar-refractivity contribution in [3.63, 3.8) is 0 Å². The number of aliphatic hydroxyl groups excluding tert-OH is 1. The SMILES string of the molecule is CC(C)[C@H](NS(=O)(=O)c1ccccc1F)C(=O)NCC[C@H](O)C(C)C. The second kappa shape index (κ2) is 9.26. The van der Waals surface area contributed by atoms with Crippen molar-refractivity contribution in [1.82, 2.24) is 10.0 Å². The molecule has 0 saturated heterocycles. The van der Waals surface area contributed by atoms with Crippen LogP contribution in [0.3, 0.4) is 0 Å². The summed E-state index contributed by atoms with van der Waals surface area (Å²) in [4.78, 5) is 11.8. The summed E-state index contributed by atoms with van der Waals surface area (Å²) in [6.45, 7) is 7.34. The molecule has 1 amide bonds. The van der Waals surface area contributed by atoms with Crippen molar-refractivity contribution in [2.24, 2.45) is 11.8 Å². The summed E-state index contributed by atoms with van der Waals surface area (Å²) in [7, 11) is -4.17. The van der Waals surface area contributed by atoms with Gasteiger partial charge in [0.05, 0.1) is 6.10 Å². The number of hydrogen-bond donors (Lipinski definition) is 3. The first-order valence-electron chi connectivity index (χ1n) is 8.29. The van der Waals surface area contributed by atoms with Gasteiger partial charge in [-0.15, -0.1) is 0 Å². The standard InChI is InChI=1S/C17H27FN2O4S/c1-11(2)14(21)9-10-19-17(22)16(12(3)4)20-25(23,24)15-8-6-5-7-13(15)18/h5-8,11-12,14,16,20-21H,9-10H2,1-4H3,(H,19,22)/t14-,16-/m0/s1. The van der Waals surface area contributed by atoms with Crippen LogP contribution in [-0.2, 0) is 14.8 Å². The van der Waals surface area contributed by atoms with Crippen molar-refractivity contribution in [2.75, 3.05) is 6.54 Å². The summed E-state index contributed by atoms with van der Waals surface area (Å²) in [6, 6.07) is 3.95. The normalized spacial score (nSPS) is 14.6. The molecule has 25 heavy (non-hydrogen) atoms. The third kappa shape index (κ3) is 6.37. The molecule has 0 spiro atoms. The highest BCUT2D eigenvalue weighted by Crippen LogP contribution is 2.15. The lowest BCUT2D eigenvalue weighted by Crippen LogP contribution is -2.50. The molecule has 0 heterocycles. The molecule has 0 unspecified atom stereocenters. The molecular formula is C17H27FN2O4S. The number of halogens is 1. The lowest BCUT2D eigenvalue weighted by Gasteiger charge is -2.22. The van der Waals surface area contributed by atoms with Crippen molar-refractivity contribution in [3.8, 4) is 0 Å². The number of rotatable bonds is 9. The zero-order valence-electron chi connectivity index (χ0n) is 15.0. The van der Waals surface area contributed by atoms with Crippen LogP contribution in [0.1, 0.15) is 34.1 Å². The maximum absolute atomic E-state index is 13.8. The van der Waals surface area contributed by atoms with Crippen LogP contribution in [0.25, 0.3) is 0 Å². The topological polar surface area (TPSA) is 95.5 Å². The Labute approximate surface area is 148 Å². The first-order valence-corrected chi connectivity index (χ1v) is 9.77. The molecule has 1 aromatic carbocycles. The fourth-order valence-electron chi connectivity index (χ4n) is 2.17. The molecule has 0 aromatic heterocycles. The van der Waals surface area contributed by atoms with E-state index in [0.717, 1.165) is 12.1 Å². The molecule has 0 bridgehead atoms. The lowest BCUT2D eigenvalue weighted by atomic mass is 10.0. The number of carbonyl (C=O) groups excluding carboxylic acids is 1. The van der Waals surface area contributed by atoms with Gasteiger partial charge in [0.2, 0.25) is 15.9 Å². The lowest BCUT2D eigenvalue weighted by molar-refractivity contribution is -0.123. The zero-order valence-corrected chi connectivity index (χ0v) is 15.8. The number of amides is 1. The monoisotopic (exact) mass is 374 g/mol. The van der Waals surface area contributed by atoms with Gasteiger partial charge in [0.15, 0.2) is 0 Å². The fourth-order valence-corrected chi connectivity index (χ4v) is 3.60. The molecule has 2 atom stereocenters. The van der Waals surface area contributed by atoms with E-state index >= 15 is 0 Å². The number of hydrogen-bond acceptors (Lipinski definition) is 4. The first kappa shape index (κ1) is 21.5.